The summed E-state index contributed by atoms with van der Waals surface area (Å²) >= 11 is 8.67. The second-order valence-corrected chi connectivity index (χ2v) is 7.68. The first kappa shape index (κ1) is 17.1. The van der Waals surface area contributed by atoms with Gasteiger partial charge in [-0.3, -0.25) is 4.79 Å². The zero-order chi connectivity index (χ0) is 17.3. The van der Waals surface area contributed by atoms with Crippen molar-refractivity contribution in [1.29, 1.82) is 0 Å². The summed E-state index contributed by atoms with van der Waals surface area (Å²) in [6.45, 7) is 4.07. The molecule has 2 heterocycles. The fourth-order valence-electron chi connectivity index (χ4n) is 2.16. The standard InChI is InChI=1S/C16H13ClFN3OS2/c1-8-9(2)24-16-14(8)15(19-7-20-16)23-6-13(22)21-10-3-4-12(18)11(17)5-10/h3-5,7H,6H2,1-2H3,(H,21,22). The highest BCUT2D eigenvalue weighted by atomic mass is 35.5. The van der Waals surface area contributed by atoms with Gasteiger partial charge in [-0.15, -0.1) is 11.3 Å². The fourth-order valence-corrected chi connectivity index (χ4v) is 4.26. The first-order valence-corrected chi connectivity index (χ1v) is 9.22. The Balaban J connectivity index is 1.71. The van der Waals surface area contributed by atoms with Crippen LogP contribution in [-0.2, 0) is 4.79 Å². The normalized spacial score (nSPS) is 11.0. The van der Waals surface area contributed by atoms with E-state index in [-0.39, 0.29) is 16.7 Å². The van der Waals surface area contributed by atoms with Crippen LogP contribution in [0, 0.1) is 19.7 Å². The van der Waals surface area contributed by atoms with E-state index in [2.05, 4.69) is 15.3 Å². The second-order valence-electron chi connectivity index (χ2n) is 5.11. The molecule has 4 nitrogen and oxygen atoms in total. The highest BCUT2D eigenvalue weighted by Gasteiger charge is 2.14. The molecule has 1 amide bonds. The maximum atomic E-state index is 13.1. The molecular formula is C16H13ClFN3OS2. The van der Waals surface area contributed by atoms with Gasteiger partial charge in [0.05, 0.1) is 10.8 Å². The molecule has 0 radical (unpaired) electrons. The molecule has 0 spiro atoms. The topological polar surface area (TPSA) is 54.9 Å². The molecule has 0 aliphatic rings. The van der Waals surface area contributed by atoms with Gasteiger partial charge in [0.1, 0.15) is 22.0 Å². The molecule has 0 saturated heterocycles. The Labute approximate surface area is 151 Å². The van der Waals surface area contributed by atoms with Crippen LogP contribution in [0.5, 0.6) is 0 Å². The number of nitrogens with one attached hydrogen (secondary N) is 1. The quantitative estimate of drug-likeness (QED) is 0.519. The van der Waals surface area contributed by atoms with Gasteiger partial charge in [0.15, 0.2) is 0 Å². The van der Waals surface area contributed by atoms with Gasteiger partial charge in [-0.2, -0.15) is 0 Å². The van der Waals surface area contributed by atoms with Crippen molar-refractivity contribution in [3.8, 4) is 0 Å². The first-order chi connectivity index (χ1) is 11.5. The van der Waals surface area contributed by atoms with E-state index in [1.54, 1.807) is 11.3 Å². The summed E-state index contributed by atoms with van der Waals surface area (Å²) in [6, 6.07) is 4.07. The van der Waals surface area contributed by atoms with E-state index in [4.69, 9.17) is 11.6 Å². The van der Waals surface area contributed by atoms with E-state index in [9.17, 15) is 9.18 Å². The minimum Gasteiger partial charge on any atom is -0.325 e. The van der Waals surface area contributed by atoms with E-state index in [1.165, 1.54) is 41.2 Å². The predicted molar refractivity (Wildman–Crippen MR) is 97.7 cm³/mol. The van der Waals surface area contributed by atoms with Crippen molar-refractivity contribution in [2.24, 2.45) is 0 Å². The molecule has 24 heavy (non-hydrogen) atoms. The number of benzene rings is 1. The van der Waals surface area contributed by atoms with Gasteiger partial charge in [-0.1, -0.05) is 23.4 Å². The summed E-state index contributed by atoms with van der Waals surface area (Å²) in [7, 11) is 0. The number of carbonyl (C=O) groups excluding carboxylic acids is 1. The molecule has 1 N–H and O–H groups in total. The molecule has 0 atom stereocenters. The lowest BCUT2D eigenvalue weighted by Gasteiger charge is -2.06. The molecule has 0 unspecified atom stereocenters. The van der Waals surface area contributed by atoms with E-state index in [1.807, 2.05) is 13.8 Å². The highest BCUT2D eigenvalue weighted by molar-refractivity contribution is 8.00. The lowest BCUT2D eigenvalue weighted by Crippen LogP contribution is -2.14. The van der Waals surface area contributed by atoms with Gasteiger partial charge >= 0.3 is 0 Å². The van der Waals surface area contributed by atoms with Crippen LogP contribution in [0.15, 0.2) is 29.6 Å². The maximum absolute atomic E-state index is 13.1. The highest BCUT2D eigenvalue weighted by Crippen LogP contribution is 2.34. The van der Waals surface area contributed by atoms with Crippen LogP contribution in [-0.4, -0.2) is 21.6 Å². The average molecular weight is 382 g/mol. The summed E-state index contributed by atoms with van der Waals surface area (Å²) in [5.74, 6) is -0.537. The van der Waals surface area contributed by atoms with Gasteiger partial charge in [-0.05, 0) is 37.6 Å². The monoisotopic (exact) mass is 381 g/mol. The van der Waals surface area contributed by atoms with Crippen molar-refractivity contribution in [2.75, 3.05) is 11.1 Å². The number of thioether (sulfide) groups is 1. The smallest absolute Gasteiger partial charge is 0.234 e. The van der Waals surface area contributed by atoms with Crippen LogP contribution in [0.2, 0.25) is 5.02 Å². The van der Waals surface area contributed by atoms with Crippen molar-refractivity contribution in [3.05, 3.63) is 45.8 Å². The molecule has 1 aromatic carbocycles. The third-order valence-corrected chi connectivity index (χ3v) is 5.87. The maximum Gasteiger partial charge on any atom is 0.234 e. The second kappa shape index (κ2) is 7.04. The molecule has 3 rings (SSSR count). The van der Waals surface area contributed by atoms with Crippen molar-refractivity contribution in [3.63, 3.8) is 0 Å². The zero-order valence-electron chi connectivity index (χ0n) is 12.9. The number of halogens is 2. The number of aryl methyl sites for hydroxylation is 2. The van der Waals surface area contributed by atoms with Crippen molar-refractivity contribution in [1.82, 2.24) is 9.97 Å². The van der Waals surface area contributed by atoms with Crippen LogP contribution in [0.1, 0.15) is 10.4 Å². The van der Waals surface area contributed by atoms with E-state index in [0.29, 0.717) is 5.69 Å². The number of thiophene rings is 1. The van der Waals surface area contributed by atoms with E-state index in [0.717, 1.165) is 20.8 Å². The van der Waals surface area contributed by atoms with Crippen LogP contribution in [0.25, 0.3) is 10.2 Å². The summed E-state index contributed by atoms with van der Waals surface area (Å²) in [6.07, 6.45) is 1.51. The summed E-state index contributed by atoms with van der Waals surface area (Å²) < 4.78 is 13.1. The Morgan fingerprint density at radius 3 is 2.92 bits per heavy atom. The lowest BCUT2D eigenvalue weighted by molar-refractivity contribution is -0.113. The number of aromatic nitrogens is 2. The summed E-state index contributed by atoms with van der Waals surface area (Å²) in [5, 5.41) is 4.46. The SMILES string of the molecule is Cc1sc2ncnc(SCC(=O)Nc3ccc(F)c(Cl)c3)c2c1C. The third kappa shape index (κ3) is 3.53. The van der Waals surface area contributed by atoms with Gasteiger partial charge in [0.25, 0.3) is 0 Å². The summed E-state index contributed by atoms with van der Waals surface area (Å²) in [4.78, 5) is 22.8. The molecule has 0 aliphatic heterocycles. The number of hydrogen-bond donors (Lipinski definition) is 1. The molecule has 2 aromatic heterocycles. The molecule has 0 bridgehead atoms. The van der Waals surface area contributed by atoms with Crippen LogP contribution < -0.4 is 5.32 Å². The number of hydrogen-bond acceptors (Lipinski definition) is 5. The number of carbonyl (C=O) groups is 1. The molecule has 0 aliphatic carbocycles. The molecule has 124 valence electrons. The molecule has 8 heteroatoms. The van der Waals surface area contributed by atoms with E-state index >= 15 is 0 Å². The third-order valence-electron chi connectivity index (χ3n) is 3.47. The van der Waals surface area contributed by atoms with Crippen molar-refractivity contribution >= 4 is 56.5 Å². The van der Waals surface area contributed by atoms with E-state index < -0.39 is 5.82 Å². The Hall–Kier alpha value is -1.70. The number of rotatable bonds is 4. The van der Waals surface area contributed by atoms with Gasteiger partial charge < -0.3 is 5.32 Å². The largest absolute Gasteiger partial charge is 0.325 e. The van der Waals surface area contributed by atoms with Crippen molar-refractivity contribution < 1.29 is 9.18 Å². The number of fused-ring (bicyclic) bond motifs is 1. The first-order valence-electron chi connectivity index (χ1n) is 7.04. The average Bonchev–Trinajstić information content (AvgIpc) is 2.84. The van der Waals surface area contributed by atoms with Crippen molar-refractivity contribution in [2.45, 2.75) is 18.9 Å². The van der Waals surface area contributed by atoms with Crippen LogP contribution in [0.3, 0.4) is 0 Å². The Morgan fingerprint density at radius 1 is 1.38 bits per heavy atom. The van der Waals surface area contributed by atoms with Crippen LogP contribution in [0.4, 0.5) is 10.1 Å². The van der Waals surface area contributed by atoms with Gasteiger partial charge in [-0.25, -0.2) is 14.4 Å². The van der Waals surface area contributed by atoms with Gasteiger partial charge in [0, 0.05) is 16.0 Å². The number of nitrogens with zero attached hydrogens (tertiary/aromatic N) is 2. The minimum atomic E-state index is -0.518. The predicted octanol–water partition coefficient (Wildman–Crippen LogP) is 4.83. The zero-order valence-corrected chi connectivity index (χ0v) is 15.3. The summed E-state index contributed by atoms with van der Waals surface area (Å²) in [5.41, 5.74) is 1.60. The van der Waals surface area contributed by atoms with Crippen LogP contribution >= 0.6 is 34.7 Å². The molecular weight excluding hydrogens is 369 g/mol. The lowest BCUT2D eigenvalue weighted by atomic mass is 10.2. The number of amides is 1. The number of anilines is 1. The molecule has 3 aromatic rings. The Bertz CT molecular complexity index is 929. The van der Waals surface area contributed by atoms with Gasteiger partial charge in [0.2, 0.25) is 5.91 Å². The minimum absolute atomic E-state index is 0.0256. The Kier molecular flexibility index (Phi) is 5.03. The molecule has 0 saturated carbocycles. The Morgan fingerprint density at radius 2 is 2.17 bits per heavy atom. The fraction of sp³-hybridized carbons (Fsp3) is 0.188. The molecule has 0 fully saturated rings.